The molecule has 5 aromatic carbocycles. The summed E-state index contributed by atoms with van der Waals surface area (Å²) in [6, 6.07) is 32.2. The molecule has 0 spiro atoms. The van der Waals surface area contributed by atoms with E-state index in [0.717, 1.165) is 67.4 Å². The number of allylic oxidation sites excluding steroid dienone is 1. The van der Waals surface area contributed by atoms with Gasteiger partial charge < -0.3 is 28.4 Å². The van der Waals surface area contributed by atoms with Crippen LogP contribution in [0, 0.1) is 0 Å². The molecule has 252 valence electrons. The highest BCUT2D eigenvalue weighted by molar-refractivity contribution is 7.91. The summed E-state index contributed by atoms with van der Waals surface area (Å²) in [6.45, 7) is 2.18. The first-order valence-electron chi connectivity index (χ1n) is 16.2. The van der Waals surface area contributed by atoms with Crippen LogP contribution in [0.5, 0.6) is 17.2 Å². The van der Waals surface area contributed by atoms with E-state index in [2.05, 4.69) is 40.7 Å². The third-order valence-corrected chi connectivity index (χ3v) is 11.8. The minimum absolute atomic E-state index is 0.00747. The van der Waals surface area contributed by atoms with Gasteiger partial charge in [-0.05, 0) is 128 Å². The summed E-state index contributed by atoms with van der Waals surface area (Å²) in [5, 5.41) is 2.02. The van der Waals surface area contributed by atoms with E-state index >= 15 is 0 Å². The number of fused-ring (bicyclic) bond motifs is 6. The Morgan fingerprint density at radius 1 is 0.620 bits per heavy atom. The zero-order chi connectivity index (χ0) is 34.8. The summed E-state index contributed by atoms with van der Waals surface area (Å²) >= 11 is 0. The molecule has 2 unspecified atom stereocenters. The second-order valence-electron chi connectivity index (χ2n) is 12.7. The van der Waals surface area contributed by atoms with E-state index in [9.17, 15) is 8.42 Å². The number of ether oxygens (including phenoxy) is 4. The lowest BCUT2D eigenvalue weighted by atomic mass is 9.80. The fourth-order valence-corrected chi connectivity index (χ4v) is 8.75. The molecule has 0 N–H and O–H groups in total. The van der Waals surface area contributed by atoms with Crippen molar-refractivity contribution in [3.05, 3.63) is 133 Å². The maximum absolute atomic E-state index is 14.0. The van der Waals surface area contributed by atoms with Gasteiger partial charge in [0.05, 0.1) is 54.8 Å². The molecule has 1 aliphatic carbocycles. The number of nitrogens with zero attached hydrogens (tertiary/aromatic N) is 2. The Kier molecular flexibility index (Phi) is 7.42. The number of aromatic nitrogens is 1. The van der Waals surface area contributed by atoms with Crippen LogP contribution in [-0.2, 0) is 14.6 Å². The van der Waals surface area contributed by atoms with Crippen molar-refractivity contribution in [3.63, 3.8) is 0 Å². The molecule has 2 atom stereocenters. The SMILES string of the molecule is COC1=CC2c3cc(OC)ccc3N(c3ccc(S(=O)(=O)c4ccc(-n5c6ccc(OC)cc6c6cc(OC)ccc65)cc4)cc3)C2(C)C=C1. The topological polar surface area (TPSA) is 79.2 Å². The van der Waals surface area contributed by atoms with Gasteiger partial charge in [-0.15, -0.1) is 0 Å². The minimum atomic E-state index is -3.80. The molecule has 1 aromatic heterocycles. The van der Waals surface area contributed by atoms with Gasteiger partial charge in [0.25, 0.3) is 0 Å². The number of rotatable bonds is 8. The molecule has 0 saturated carbocycles. The lowest BCUT2D eigenvalue weighted by molar-refractivity contribution is 0.298. The van der Waals surface area contributed by atoms with Gasteiger partial charge in [-0.1, -0.05) is 6.08 Å². The van der Waals surface area contributed by atoms with Gasteiger partial charge in [0.1, 0.15) is 23.0 Å². The number of hydrogen-bond acceptors (Lipinski definition) is 7. The van der Waals surface area contributed by atoms with Gasteiger partial charge in [0.15, 0.2) is 0 Å². The molecule has 0 amide bonds. The molecule has 2 heterocycles. The van der Waals surface area contributed by atoms with Crippen molar-refractivity contribution < 1.29 is 27.4 Å². The molecular formula is C41H36N2O6S. The van der Waals surface area contributed by atoms with Crippen molar-refractivity contribution >= 4 is 43.0 Å². The third-order valence-electron chi connectivity index (χ3n) is 10.1. The molecule has 1 aliphatic heterocycles. The predicted octanol–water partition coefficient (Wildman–Crippen LogP) is 8.74. The Morgan fingerprint density at radius 3 is 1.68 bits per heavy atom. The second kappa shape index (κ2) is 11.7. The van der Waals surface area contributed by atoms with Gasteiger partial charge in [-0.25, -0.2) is 8.42 Å². The molecule has 0 bridgehead atoms. The lowest BCUT2D eigenvalue weighted by Crippen LogP contribution is -2.42. The van der Waals surface area contributed by atoms with E-state index in [4.69, 9.17) is 18.9 Å². The largest absolute Gasteiger partial charge is 0.497 e. The second-order valence-corrected chi connectivity index (χ2v) is 14.6. The fourth-order valence-electron chi connectivity index (χ4n) is 7.48. The van der Waals surface area contributed by atoms with E-state index in [1.54, 1.807) is 52.7 Å². The van der Waals surface area contributed by atoms with Crippen LogP contribution < -0.4 is 19.1 Å². The first kappa shape index (κ1) is 31.6. The highest BCUT2D eigenvalue weighted by Crippen LogP contribution is 2.55. The summed E-state index contributed by atoms with van der Waals surface area (Å²) in [5.41, 5.74) is 5.38. The predicted molar refractivity (Wildman–Crippen MR) is 196 cm³/mol. The van der Waals surface area contributed by atoms with Gasteiger partial charge in [0, 0.05) is 33.8 Å². The van der Waals surface area contributed by atoms with E-state index < -0.39 is 15.4 Å². The fraction of sp³-hybridized carbons (Fsp3) is 0.171. The molecule has 0 radical (unpaired) electrons. The Labute approximate surface area is 291 Å². The first-order chi connectivity index (χ1) is 24.2. The summed E-state index contributed by atoms with van der Waals surface area (Å²) in [4.78, 5) is 2.70. The maximum atomic E-state index is 14.0. The smallest absolute Gasteiger partial charge is 0.206 e. The van der Waals surface area contributed by atoms with Crippen LogP contribution in [0.4, 0.5) is 11.4 Å². The Hall–Kier alpha value is -5.67. The standard InChI is InChI=1S/C41H36N2O6S/c1-41-21-20-31(49-5)25-37(41)36-24-30(48-4)12-19-40(36)43(41)27-8-15-33(16-9-27)50(44,45)32-13-6-26(7-14-32)42-38-17-10-28(46-2)22-34(38)35-23-29(47-3)11-18-39(35)42/h6-25,37H,1-5H3. The molecule has 50 heavy (non-hydrogen) atoms. The Morgan fingerprint density at radius 2 is 1.14 bits per heavy atom. The lowest BCUT2D eigenvalue weighted by Gasteiger charge is -2.39. The maximum Gasteiger partial charge on any atom is 0.206 e. The van der Waals surface area contributed by atoms with Gasteiger partial charge in [0.2, 0.25) is 9.84 Å². The molecule has 8 nitrogen and oxygen atoms in total. The van der Waals surface area contributed by atoms with E-state index in [1.165, 1.54) is 0 Å². The van der Waals surface area contributed by atoms with E-state index in [0.29, 0.717) is 0 Å². The molecule has 8 rings (SSSR count). The summed E-state index contributed by atoms with van der Waals surface area (Å²) in [5.74, 6) is 3.09. The van der Waals surface area contributed by atoms with E-state index in [1.807, 2.05) is 72.8 Å². The summed E-state index contributed by atoms with van der Waals surface area (Å²) in [7, 11) is 2.83. The number of benzene rings is 5. The van der Waals surface area contributed by atoms with E-state index in [-0.39, 0.29) is 15.7 Å². The first-order valence-corrected chi connectivity index (χ1v) is 17.7. The van der Waals surface area contributed by atoms with Crippen LogP contribution in [0.3, 0.4) is 0 Å². The van der Waals surface area contributed by atoms with Crippen molar-refractivity contribution in [1.82, 2.24) is 4.57 Å². The van der Waals surface area contributed by atoms with Crippen LogP contribution in [0.15, 0.2) is 137 Å². The van der Waals surface area contributed by atoms with Crippen molar-refractivity contribution in [2.45, 2.75) is 28.2 Å². The Balaban J connectivity index is 1.14. The molecule has 0 fully saturated rings. The highest BCUT2D eigenvalue weighted by Gasteiger charge is 2.48. The molecule has 2 aliphatic rings. The minimum Gasteiger partial charge on any atom is -0.497 e. The van der Waals surface area contributed by atoms with Gasteiger partial charge in [-0.2, -0.15) is 0 Å². The average Bonchev–Trinajstić information content (AvgIpc) is 3.61. The van der Waals surface area contributed by atoms with Crippen molar-refractivity contribution in [2.24, 2.45) is 0 Å². The molecule has 0 saturated heterocycles. The van der Waals surface area contributed by atoms with Gasteiger partial charge >= 0.3 is 0 Å². The van der Waals surface area contributed by atoms with Crippen LogP contribution in [0.25, 0.3) is 27.5 Å². The van der Waals surface area contributed by atoms with Crippen molar-refractivity contribution in [2.75, 3.05) is 33.3 Å². The summed E-state index contributed by atoms with van der Waals surface area (Å²) < 4.78 is 52.2. The number of methoxy groups -OCH3 is 4. The molecular weight excluding hydrogens is 649 g/mol. The third kappa shape index (κ3) is 4.75. The van der Waals surface area contributed by atoms with Crippen molar-refractivity contribution in [3.8, 4) is 22.9 Å². The Bertz CT molecular complexity index is 2400. The van der Waals surface area contributed by atoms with Gasteiger partial charge in [-0.3, -0.25) is 0 Å². The quantitative estimate of drug-likeness (QED) is 0.159. The zero-order valence-corrected chi connectivity index (χ0v) is 29.2. The average molecular weight is 685 g/mol. The van der Waals surface area contributed by atoms with Crippen LogP contribution in [0.1, 0.15) is 18.4 Å². The molecule has 9 heteroatoms. The number of sulfone groups is 1. The normalized spacial score (nSPS) is 18.1. The summed E-state index contributed by atoms with van der Waals surface area (Å²) in [6.07, 6.45) is 6.27. The van der Waals surface area contributed by atoms with Crippen LogP contribution in [0.2, 0.25) is 0 Å². The monoisotopic (exact) mass is 684 g/mol. The zero-order valence-electron chi connectivity index (χ0n) is 28.4. The highest BCUT2D eigenvalue weighted by atomic mass is 32.2. The van der Waals surface area contributed by atoms with Crippen LogP contribution in [-0.4, -0.2) is 47.0 Å². The molecule has 6 aromatic rings. The van der Waals surface area contributed by atoms with Crippen molar-refractivity contribution in [1.29, 1.82) is 0 Å². The number of hydrogen-bond donors (Lipinski definition) is 0. The number of anilines is 2. The van der Waals surface area contributed by atoms with Crippen LogP contribution >= 0.6 is 0 Å².